The molecule has 0 aliphatic carbocycles. The summed E-state index contributed by atoms with van der Waals surface area (Å²) >= 11 is 5.84. The third-order valence-electron chi connectivity index (χ3n) is 2.89. The first kappa shape index (κ1) is 13.9. The zero-order valence-electron chi connectivity index (χ0n) is 11.1. The summed E-state index contributed by atoms with van der Waals surface area (Å²) in [6.07, 6.45) is 4.22. The molecule has 0 fully saturated rings. The fourth-order valence-electron chi connectivity index (χ4n) is 1.77. The van der Waals surface area contributed by atoms with E-state index in [0.29, 0.717) is 0 Å². The predicted molar refractivity (Wildman–Crippen MR) is 83.4 cm³/mol. The lowest BCUT2D eigenvalue weighted by Gasteiger charge is -2.02. The summed E-state index contributed by atoms with van der Waals surface area (Å²) in [4.78, 5) is 0. The van der Waals surface area contributed by atoms with Crippen LogP contribution in [-0.4, -0.2) is 6.54 Å². The Labute approximate surface area is 119 Å². The molecule has 0 spiro atoms. The minimum absolute atomic E-state index is 0.773. The molecular weight excluding hydrogens is 254 g/mol. The average Bonchev–Trinajstić information content (AvgIpc) is 2.43. The standard InChI is InChI=1S/C17H18ClN/c1-14-4-6-16(7-5-14)13-19-12-2-3-15-8-10-17(18)11-9-15/h2-11,19H,12-13H2,1H3. The van der Waals surface area contributed by atoms with Gasteiger partial charge >= 0.3 is 0 Å². The molecule has 2 aromatic rings. The first-order chi connectivity index (χ1) is 9.24. The lowest BCUT2D eigenvalue weighted by Crippen LogP contribution is -2.12. The molecule has 0 saturated carbocycles. The summed E-state index contributed by atoms with van der Waals surface area (Å²) in [5.74, 6) is 0. The van der Waals surface area contributed by atoms with E-state index < -0.39 is 0 Å². The molecule has 0 radical (unpaired) electrons. The van der Waals surface area contributed by atoms with E-state index in [9.17, 15) is 0 Å². The van der Waals surface area contributed by atoms with Crippen LogP contribution in [0.15, 0.2) is 54.6 Å². The monoisotopic (exact) mass is 271 g/mol. The Kier molecular flexibility index (Phi) is 5.20. The second kappa shape index (κ2) is 7.13. The van der Waals surface area contributed by atoms with Gasteiger partial charge in [-0.25, -0.2) is 0 Å². The smallest absolute Gasteiger partial charge is 0.0406 e. The molecule has 2 aromatic carbocycles. The molecule has 98 valence electrons. The van der Waals surface area contributed by atoms with Gasteiger partial charge in [0.05, 0.1) is 0 Å². The molecule has 0 bridgehead atoms. The predicted octanol–water partition coefficient (Wildman–Crippen LogP) is 4.45. The summed E-state index contributed by atoms with van der Waals surface area (Å²) in [5, 5.41) is 4.16. The molecule has 0 saturated heterocycles. The maximum Gasteiger partial charge on any atom is 0.0406 e. The highest BCUT2D eigenvalue weighted by Crippen LogP contribution is 2.10. The molecule has 1 N–H and O–H groups in total. The Morgan fingerprint density at radius 1 is 1.00 bits per heavy atom. The van der Waals surface area contributed by atoms with E-state index in [2.05, 4.69) is 48.7 Å². The number of hydrogen-bond donors (Lipinski definition) is 1. The largest absolute Gasteiger partial charge is 0.309 e. The van der Waals surface area contributed by atoms with Crippen LogP contribution in [0.1, 0.15) is 16.7 Å². The molecule has 0 unspecified atom stereocenters. The van der Waals surface area contributed by atoms with Crippen LogP contribution in [-0.2, 0) is 6.54 Å². The molecule has 1 nitrogen and oxygen atoms in total. The van der Waals surface area contributed by atoms with Gasteiger partial charge in [-0.1, -0.05) is 65.7 Å². The van der Waals surface area contributed by atoms with Gasteiger partial charge in [0, 0.05) is 18.1 Å². The van der Waals surface area contributed by atoms with Crippen molar-refractivity contribution in [3.05, 3.63) is 76.3 Å². The molecular formula is C17H18ClN. The van der Waals surface area contributed by atoms with Crippen molar-refractivity contribution in [1.29, 1.82) is 0 Å². The highest BCUT2D eigenvalue weighted by molar-refractivity contribution is 6.30. The van der Waals surface area contributed by atoms with Gasteiger partial charge in [-0.2, -0.15) is 0 Å². The van der Waals surface area contributed by atoms with E-state index in [1.165, 1.54) is 16.7 Å². The maximum atomic E-state index is 5.84. The van der Waals surface area contributed by atoms with Gasteiger partial charge < -0.3 is 5.32 Å². The summed E-state index contributed by atoms with van der Waals surface area (Å²) in [5.41, 5.74) is 3.78. The van der Waals surface area contributed by atoms with Gasteiger partial charge in [-0.15, -0.1) is 0 Å². The van der Waals surface area contributed by atoms with Gasteiger partial charge in [-0.3, -0.25) is 0 Å². The fraction of sp³-hybridized carbons (Fsp3) is 0.176. The van der Waals surface area contributed by atoms with Crippen LogP contribution in [0.4, 0.5) is 0 Å². The van der Waals surface area contributed by atoms with E-state index in [1.807, 2.05) is 24.3 Å². The van der Waals surface area contributed by atoms with E-state index in [1.54, 1.807) is 0 Å². The van der Waals surface area contributed by atoms with Gasteiger partial charge in [0.2, 0.25) is 0 Å². The third-order valence-corrected chi connectivity index (χ3v) is 3.14. The highest BCUT2D eigenvalue weighted by Gasteiger charge is 1.91. The van der Waals surface area contributed by atoms with Gasteiger partial charge in [0.15, 0.2) is 0 Å². The topological polar surface area (TPSA) is 12.0 Å². The van der Waals surface area contributed by atoms with E-state index in [0.717, 1.165) is 18.1 Å². The minimum atomic E-state index is 0.773. The molecule has 0 aliphatic rings. The second-order valence-corrected chi connectivity index (χ2v) is 5.01. The maximum absolute atomic E-state index is 5.84. The van der Waals surface area contributed by atoms with E-state index >= 15 is 0 Å². The number of rotatable bonds is 5. The molecule has 0 heterocycles. The van der Waals surface area contributed by atoms with Crippen molar-refractivity contribution < 1.29 is 0 Å². The third kappa shape index (κ3) is 4.90. The summed E-state index contributed by atoms with van der Waals surface area (Å²) in [7, 11) is 0. The normalized spacial score (nSPS) is 11.1. The van der Waals surface area contributed by atoms with Crippen LogP contribution in [0, 0.1) is 6.92 Å². The van der Waals surface area contributed by atoms with Gasteiger partial charge in [0.1, 0.15) is 0 Å². The Bertz CT molecular complexity index is 526. The van der Waals surface area contributed by atoms with Gasteiger partial charge in [-0.05, 0) is 30.2 Å². The quantitative estimate of drug-likeness (QED) is 0.792. The molecule has 0 amide bonds. The van der Waals surface area contributed by atoms with Crippen LogP contribution in [0.3, 0.4) is 0 Å². The Morgan fingerprint density at radius 2 is 1.68 bits per heavy atom. The number of hydrogen-bond acceptors (Lipinski definition) is 1. The lowest BCUT2D eigenvalue weighted by atomic mass is 10.1. The summed E-state index contributed by atoms with van der Waals surface area (Å²) < 4.78 is 0. The van der Waals surface area contributed by atoms with Gasteiger partial charge in [0.25, 0.3) is 0 Å². The zero-order valence-corrected chi connectivity index (χ0v) is 11.8. The lowest BCUT2D eigenvalue weighted by molar-refractivity contribution is 0.761. The first-order valence-electron chi connectivity index (χ1n) is 6.42. The Balaban J connectivity index is 1.74. The molecule has 0 atom stereocenters. The molecule has 0 aromatic heterocycles. The Morgan fingerprint density at radius 3 is 2.37 bits per heavy atom. The molecule has 0 aliphatic heterocycles. The van der Waals surface area contributed by atoms with Crippen LogP contribution >= 0.6 is 11.6 Å². The Hall–Kier alpha value is -1.57. The van der Waals surface area contributed by atoms with Crippen molar-refractivity contribution in [3.63, 3.8) is 0 Å². The van der Waals surface area contributed by atoms with E-state index in [-0.39, 0.29) is 0 Å². The number of aryl methyl sites for hydroxylation is 1. The zero-order chi connectivity index (χ0) is 13.5. The summed E-state index contributed by atoms with van der Waals surface area (Å²) in [6.45, 7) is 3.85. The van der Waals surface area contributed by atoms with Crippen LogP contribution in [0.2, 0.25) is 5.02 Å². The number of benzene rings is 2. The number of nitrogens with one attached hydrogen (secondary N) is 1. The fourth-order valence-corrected chi connectivity index (χ4v) is 1.90. The van der Waals surface area contributed by atoms with Crippen molar-refractivity contribution in [3.8, 4) is 0 Å². The van der Waals surface area contributed by atoms with Crippen molar-refractivity contribution >= 4 is 17.7 Å². The van der Waals surface area contributed by atoms with E-state index in [4.69, 9.17) is 11.6 Å². The van der Waals surface area contributed by atoms with Crippen molar-refractivity contribution in [2.24, 2.45) is 0 Å². The minimum Gasteiger partial charge on any atom is -0.309 e. The van der Waals surface area contributed by atoms with Crippen molar-refractivity contribution in [2.45, 2.75) is 13.5 Å². The van der Waals surface area contributed by atoms with Crippen molar-refractivity contribution in [1.82, 2.24) is 5.32 Å². The number of halogens is 1. The SMILES string of the molecule is Cc1ccc(CNCC=Cc2ccc(Cl)cc2)cc1. The van der Waals surface area contributed by atoms with Crippen LogP contribution in [0.25, 0.3) is 6.08 Å². The second-order valence-electron chi connectivity index (χ2n) is 4.57. The molecule has 19 heavy (non-hydrogen) atoms. The van der Waals surface area contributed by atoms with Crippen LogP contribution < -0.4 is 5.32 Å². The molecule has 2 heteroatoms. The highest BCUT2D eigenvalue weighted by atomic mass is 35.5. The molecule has 2 rings (SSSR count). The first-order valence-corrected chi connectivity index (χ1v) is 6.80. The average molecular weight is 272 g/mol. The van der Waals surface area contributed by atoms with Crippen LogP contribution in [0.5, 0.6) is 0 Å². The summed E-state index contributed by atoms with van der Waals surface area (Å²) in [6, 6.07) is 16.4. The van der Waals surface area contributed by atoms with Crippen molar-refractivity contribution in [2.75, 3.05) is 6.54 Å².